The summed E-state index contributed by atoms with van der Waals surface area (Å²) in [4.78, 5) is 0. The van der Waals surface area contributed by atoms with Crippen molar-refractivity contribution in [3.8, 4) is 0 Å². The number of rotatable bonds is 1. The molecule has 4 heteroatoms. The smallest absolute Gasteiger partial charge is 0.157 e. The zero-order valence-corrected chi connectivity index (χ0v) is 7.65. The predicted octanol–water partition coefficient (Wildman–Crippen LogP) is -0.120. The minimum atomic E-state index is -0.839. The average Bonchev–Trinajstić information content (AvgIpc) is 2.00. The van der Waals surface area contributed by atoms with E-state index in [1.54, 1.807) is 13.8 Å². The van der Waals surface area contributed by atoms with E-state index in [2.05, 4.69) is 0 Å². The predicted molar refractivity (Wildman–Crippen MR) is 42.6 cm³/mol. The second-order valence-electron chi connectivity index (χ2n) is 3.46. The van der Waals surface area contributed by atoms with Gasteiger partial charge in [0.2, 0.25) is 0 Å². The van der Waals surface area contributed by atoms with E-state index in [0.717, 1.165) is 0 Å². The number of aliphatic hydroxyl groups excluding tert-OH is 2. The first kappa shape index (κ1) is 9.92. The lowest BCUT2D eigenvalue weighted by Gasteiger charge is -2.42. The summed E-state index contributed by atoms with van der Waals surface area (Å²) in [5, 5.41) is 18.9. The van der Waals surface area contributed by atoms with Gasteiger partial charge < -0.3 is 19.7 Å². The molecule has 1 saturated heterocycles. The summed E-state index contributed by atoms with van der Waals surface area (Å²) >= 11 is 0. The van der Waals surface area contributed by atoms with E-state index in [4.69, 9.17) is 9.47 Å². The van der Waals surface area contributed by atoms with Crippen LogP contribution in [0.5, 0.6) is 0 Å². The maximum absolute atomic E-state index is 9.65. The molecular formula is C8H16O4. The Kier molecular flexibility index (Phi) is 2.73. The number of hydrogen-bond donors (Lipinski definition) is 2. The highest BCUT2D eigenvalue weighted by molar-refractivity contribution is 4.91. The Bertz CT molecular complexity index is 161. The summed E-state index contributed by atoms with van der Waals surface area (Å²) in [5.74, 6) is 0. The lowest BCUT2D eigenvalue weighted by molar-refractivity contribution is -0.263. The van der Waals surface area contributed by atoms with Crippen molar-refractivity contribution in [3.05, 3.63) is 0 Å². The molecule has 1 rings (SSSR count). The van der Waals surface area contributed by atoms with Gasteiger partial charge in [0.15, 0.2) is 6.29 Å². The third-order valence-electron chi connectivity index (χ3n) is 2.49. The van der Waals surface area contributed by atoms with Gasteiger partial charge in [-0.3, -0.25) is 0 Å². The summed E-state index contributed by atoms with van der Waals surface area (Å²) < 4.78 is 10.2. The van der Waals surface area contributed by atoms with Gasteiger partial charge in [-0.1, -0.05) is 0 Å². The highest BCUT2D eigenvalue weighted by atomic mass is 16.6. The average molecular weight is 176 g/mol. The Balaban J connectivity index is 2.72. The van der Waals surface area contributed by atoms with Crippen LogP contribution in [0, 0.1) is 0 Å². The van der Waals surface area contributed by atoms with Crippen LogP contribution in [0.2, 0.25) is 0 Å². The van der Waals surface area contributed by atoms with Crippen molar-refractivity contribution in [3.63, 3.8) is 0 Å². The quantitative estimate of drug-likeness (QED) is 0.584. The molecule has 0 aromatic carbocycles. The zero-order valence-electron chi connectivity index (χ0n) is 7.65. The van der Waals surface area contributed by atoms with Crippen molar-refractivity contribution < 1.29 is 19.7 Å². The maximum atomic E-state index is 9.65. The third kappa shape index (κ3) is 1.61. The number of methoxy groups -OCH3 is 1. The fraction of sp³-hybridized carbons (Fsp3) is 1.00. The molecule has 0 amide bonds. The molecular weight excluding hydrogens is 160 g/mol. The van der Waals surface area contributed by atoms with Crippen LogP contribution in [0.15, 0.2) is 0 Å². The molecule has 0 bridgehead atoms. The number of hydrogen-bond acceptors (Lipinski definition) is 4. The molecule has 1 heterocycles. The van der Waals surface area contributed by atoms with Crippen LogP contribution in [-0.2, 0) is 9.47 Å². The van der Waals surface area contributed by atoms with Gasteiger partial charge >= 0.3 is 0 Å². The Morgan fingerprint density at radius 1 is 1.50 bits per heavy atom. The first-order valence-electron chi connectivity index (χ1n) is 4.06. The number of ether oxygens (including phenoxy) is 2. The van der Waals surface area contributed by atoms with Crippen LogP contribution >= 0.6 is 0 Å². The Morgan fingerprint density at radius 3 is 2.58 bits per heavy atom. The van der Waals surface area contributed by atoms with Crippen LogP contribution < -0.4 is 0 Å². The first-order chi connectivity index (χ1) is 5.49. The van der Waals surface area contributed by atoms with Crippen LogP contribution in [-0.4, -0.2) is 41.4 Å². The van der Waals surface area contributed by atoms with E-state index in [1.807, 2.05) is 0 Å². The van der Waals surface area contributed by atoms with Gasteiger partial charge in [0.1, 0.15) is 6.10 Å². The molecule has 2 N–H and O–H groups in total. The highest BCUT2D eigenvalue weighted by Gasteiger charge is 2.44. The van der Waals surface area contributed by atoms with E-state index in [1.165, 1.54) is 7.11 Å². The SMILES string of the molecule is CO[C@]1(C)C[C@H](O)OC(C)[C@H]1O. The minimum absolute atomic E-state index is 0.301. The van der Waals surface area contributed by atoms with Crippen LogP contribution in [0.25, 0.3) is 0 Å². The van der Waals surface area contributed by atoms with Gasteiger partial charge in [-0.25, -0.2) is 0 Å². The van der Waals surface area contributed by atoms with Crippen LogP contribution in [0.1, 0.15) is 20.3 Å². The van der Waals surface area contributed by atoms with Crippen molar-refractivity contribution in [2.75, 3.05) is 7.11 Å². The van der Waals surface area contributed by atoms with Gasteiger partial charge in [0.25, 0.3) is 0 Å². The first-order valence-corrected chi connectivity index (χ1v) is 4.06. The molecule has 1 aliphatic heterocycles. The molecule has 0 spiro atoms. The van der Waals surface area contributed by atoms with Gasteiger partial charge in [-0.15, -0.1) is 0 Å². The Hall–Kier alpha value is -0.160. The maximum Gasteiger partial charge on any atom is 0.157 e. The second-order valence-corrected chi connectivity index (χ2v) is 3.46. The van der Waals surface area contributed by atoms with E-state index < -0.39 is 24.1 Å². The van der Waals surface area contributed by atoms with Crippen molar-refractivity contribution >= 4 is 0 Å². The molecule has 0 aliphatic carbocycles. The van der Waals surface area contributed by atoms with E-state index in [9.17, 15) is 10.2 Å². The van der Waals surface area contributed by atoms with E-state index in [0.29, 0.717) is 6.42 Å². The minimum Gasteiger partial charge on any atom is -0.387 e. The van der Waals surface area contributed by atoms with Crippen LogP contribution in [0.4, 0.5) is 0 Å². The monoisotopic (exact) mass is 176 g/mol. The summed E-state index contributed by atoms with van der Waals surface area (Å²) in [6.07, 6.45) is -1.62. The van der Waals surface area contributed by atoms with Crippen molar-refractivity contribution in [2.24, 2.45) is 0 Å². The normalized spacial score (nSPS) is 49.2. The molecule has 4 atom stereocenters. The molecule has 1 unspecified atom stereocenters. The fourth-order valence-corrected chi connectivity index (χ4v) is 1.54. The van der Waals surface area contributed by atoms with Gasteiger partial charge in [0, 0.05) is 13.5 Å². The summed E-state index contributed by atoms with van der Waals surface area (Å²) in [6.45, 7) is 3.48. The summed E-state index contributed by atoms with van der Waals surface area (Å²) in [7, 11) is 1.52. The molecule has 1 fully saturated rings. The van der Waals surface area contributed by atoms with Gasteiger partial charge in [-0.2, -0.15) is 0 Å². The molecule has 0 aromatic heterocycles. The molecule has 72 valence electrons. The van der Waals surface area contributed by atoms with Crippen molar-refractivity contribution in [2.45, 2.75) is 44.4 Å². The van der Waals surface area contributed by atoms with E-state index in [-0.39, 0.29) is 0 Å². The standard InChI is InChI=1S/C8H16O4/c1-5-7(10)8(2,11-3)4-6(9)12-5/h5-7,9-10H,4H2,1-3H3/t5?,6-,7-,8-/m1/s1. The molecule has 0 radical (unpaired) electrons. The number of aliphatic hydroxyl groups is 2. The molecule has 1 aliphatic rings. The third-order valence-corrected chi connectivity index (χ3v) is 2.49. The summed E-state index contributed by atoms with van der Waals surface area (Å²) in [6, 6.07) is 0. The lowest BCUT2D eigenvalue weighted by atomic mass is 9.89. The lowest BCUT2D eigenvalue weighted by Crippen LogP contribution is -2.55. The van der Waals surface area contributed by atoms with Crippen molar-refractivity contribution in [1.29, 1.82) is 0 Å². The zero-order chi connectivity index (χ0) is 9.35. The van der Waals surface area contributed by atoms with Crippen molar-refractivity contribution in [1.82, 2.24) is 0 Å². The largest absolute Gasteiger partial charge is 0.387 e. The Morgan fingerprint density at radius 2 is 2.08 bits per heavy atom. The summed E-state index contributed by atoms with van der Waals surface area (Å²) in [5.41, 5.74) is -0.697. The topological polar surface area (TPSA) is 58.9 Å². The second kappa shape index (κ2) is 3.30. The van der Waals surface area contributed by atoms with Gasteiger partial charge in [0.05, 0.1) is 11.7 Å². The Labute approximate surface area is 72.1 Å². The molecule has 0 aromatic rings. The molecule has 0 saturated carbocycles. The van der Waals surface area contributed by atoms with E-state index >= 15 is 0 Å². The highest BCUT2D eigenvalue weighted by Crippen LogP contribution is 2.30. The fourth-order valence-electron chi connectivity index (χ4n) is 1.54. The van der Waals surface area contributed by atoms with Gasteiger partial charge in [-0.05, 0) is 13.8 Å². The molecule has 4 nitrogen and oxygen atoms in total. The van der Waals surface area contributed by atoms with Crippen LogP contribution in [0.3, 0.4) is 0 Å². The molecule has 12 heavy (non-hydrogen) atoms.